The van der Waals surface area contributed by atoms with Crippen LogP contribution in [0.5, 0.6) is 11.5 Å². The van der Waals surface area contributed by atoms with E-state index in [9.17, 15) is 4.79 Å². The van der Waals surface area contributed by atoms with E-state index in [1.165, 1.54) is 11.1 Å². The lowest BCUT2D eigenvalue weighted by molar-refractivity contribution is -0.121. The summed E-state index contributed by atoms with van der Waals surface area (Å²) in [6, 6.07) is 15.8. The summed E-state index contributed by atoms with van der Waals surface area (Å²) < 4.78 is 11.0. The molecule has 23 heavy (non-hydrogen) atoms. The van der Waals surface area contributed by atoms with Crippen molar-refractivity contribution in [3.8, 4) is 11.5 Å². The smallest absolute Gasteiger partial charge is 0.223 e. The fourth-order valence-electron chi connectivity index (χ4n) is 2.61. The summed E-state index contributed by atoms with van der Waals surface area (Å²) >= 11 is 0. The lowest BCUT2D eigenvalue weighted by atomic mass is 10.1. The first-order valence-electron chi connectivity index (χ1n) is 8.00. The highest BCUT2D eigenvalue weighted by Crippen LogP contribution is 2.25. The summed E-state index contributed by atoms with van der Waals surface area (Å²) in [7, 11) is 0. The summed E-state index contributed by atoms with van der Waals surface area (Å²) in [5.74, 6) is 1.81. The summed E-state index contributed by atoms with van der Waals surface area (Å²) in [6.07, 6.45) is 2.18. The van der Waals surface area contributed by atoms with E-state index >= 15 is 0 Å². The van der Waals surface area contributed by atoms with Gasteiger partial charge in [0, 0.05) is 13.0 Å². The number of carbonyl (C=O) groups excluding carboxylic acids is 1. The summed E-state index contributed by atoms with van der Waals surface area (Å²) in [5, 5.41) is 2.93. The molecule has 1 aliphatic heterocycles. The molecule has 0 aromatic heterocycles. The lowest BCUT2D eigenvalue weighted by Crippen LogP contribution is -2.27. The van der Waals surface area contributed by atoms with Crippen LogP contribution in [0.4, 0.5) is 0 Å². The van der Waals surface area contributed by atoms with Gasteiger partial charge < -0.3 is 14.8 Å². The van der Waals surface area contributed by atoms with Crippen molar-refractivity contribution in [3.05, 3.63) is 59.7 Å². The Morgan fingerprint density at radius 3 is 2.91 bits per heavy atom. The number of hydrogen-bond donors (Lipinski definition) is 1. The molecule has 4 nitrogen and oxygen atoms in total. The van der Waals surface area contributed by atoms with Crippen LogP contribution >= 0.6 is 0 Å². The molecule has 1 amide bonds. The van der Waals surface area contributed by atoms with Crippen LogP contribution in [0.25, 0.3) is 0 Å². The van der Waals surface area contributed by atoms with Crippen LogP contribution in [-0.4, -0.2) is 25.7 Å². The number of para-hydroxylation sites is 1. The number of fused-ring (bicyclic) bond motifs is 1. The standard InChI is InChI=1S/C19H21NO3/c21-19(10-13-22-17-4-2-1-3-5-17)20-11-8-15-6-7-18-16(14-15)9-12-23-18/h1-7,14H,8-13H2,(H,20,21). The van der Waals surface area contributed by atoms with Crippen molar-refractivity contribution in [3.63, 3.8) is 0 Å². The van der Waals surface area contributed by atoms with Crippen molar-refractivity contribution in [1.82, 2.24) is 5.32 Å². The minimum absolute atomic E-state index is 0.0189. The van der Waals surface area contributed by atoms with Gasteiger partial charge in [0.2, 0.25) is 5.91 Å². The predicted octanol–water partition coefficient (Wildman–Crippen LogP) is 2.75. The predicted molar refractivity (Wildman–Crippen MR) is 88.9 cm³/mol. The van der Waals surface area contributed by atoms with Gasteiger partial charge in [0.1, 0.15) is 11.5 Å². The third kappa shape index (κ3) is 4.49. The molecule has 0 atom stereocenters. The molecule has 4 heteroatoms. The van der Waals surface area contributed by atoms with Crippen LogP contribution in [0.15, 0.2) is 48.5 Å². The number of nitrogens with one attached hydrogen (secondary N) is 1. The zero-order valence-corrected chi connectivity index (χ0v) is 13.1. The number of hydrogen-bond acceptors (Lipinski definition) is 3. The Labute approximate surface area is 136 Å². The molecule has 0 fully saturated rings. The molecule has 3 rings (SSSR count). The van der Waals surface area contributed by atoms with E-state index in [0.29, 0.717) is 19.6 Å². The first-order chi connectivity index (χ1) is 11.3. The van der Waals surface area contributed by atoms with E-state index in [-0.39, 0.29) is 5.91 Å². The summed E-state index contributed by atoms with van der Waals surface area (Å²) in [6.45, 7) is 1.81. The lowest BCUT2D eigenvalue weighted by Gasteiger charge is -2.08. The number of carbonyl (C=O) groups is 1. The zero-order chi connectivity index (χ0) is 15.9. The third-order valence-electron chi connectivity index (χ3n) is 3.83. The van der Waals surface area contributed by atoms with Crippen LogP contribution < -0.4 is 14.8 Å². The molecule has 0 radical (unpaired) electrons. The first kappa shape index (κ1) is 15.4. The van der Waals surface area contributed by atoms with E-state index in [1.807, 2.05) is 36.4 Å². The molecule has 0 saturated heterocycles. The van der Waals surface area contributed by atoms with Gasteiger partial charge in [-0.3, -0.25) is 4.79 Å². The van der Waals surface area contributed by atoms with E-state index in [1.54, 1.807) is 0 Å². The topological polar surface area (TPSA) is 47.6 Å². The highest BCUT2D eigenvalue weighted by atomic mass is 16.5. The van der Waals surface area contributed by atoms with Crippen LogP contribution in [0.3, 0.4) is 0 Å². The maximum atomic E-state index is 11.8. The van der Waals surface area contributed by atoms with Gasteiger partial charge in [-0.05, 0) is 35.7 Å². The highest BCUT2D eigenvalue weighted by molar-refractivity contribution is 5.76. The number of benzene rings is 2. The van der Waals surface area contributed by atoms with Crippen LogP contribution in [-0.2, 0) is 17.6 Å². The third-order valence-corrected chi connectivity index (χ3v) is 3.83. The molecule has 0 bridgehead atoms. The average Bonchev–Trinajstić information content (AvgIpc) is 3.03. The molecule has 2 aromatic carbocycles. The van der Waals surface area contributed by atoms with Gasteiger partial charge in [0.25, 0.3) is 0 Å². The Morgan fingerprint density at radius 2 is 2.04 bits per heavy atom. The van der Waals surface area contributed by atoms with Gasteiger partial charge in [0.15, 0.2) is 0 Å². The SMILES string of the molecule is O=C(CCOc1ccccc1)NCCc1ccc2c(c1)CCO2. The van der Waals surface area contributed by atoms with Crippen molar-refractivity contribution >= 4 is 5.91 Å². The van der Waals surface area contributed by atoms with Gasteiger partial charge in [-0.25, -0.2) is 0 Å². The van der Waals surface area contributed by atoms with Gasteiger partial charge in [0.05, 0.1) is 19.6 Å². The minimum Gasteiger partial charge on any atom is -0.493 e. The Bertz CT molecular complexity index is 655. The van der Waals surface area contributed by atoms with Crippen LogP contribution in [0.1, 0.15) is 17.5 Å². The van der Waals surface area contributed by atoms with Crippen molar-refractivity contribution < 1.29 is 14.3 Å². The van der Waals surface area contributed by atoms with Crippen molar-refractivity contribution in [2.75, 3.05) is 19.8 Å². The monoisotopic (exact) mass is 311 g/mol. The fourth-order valence-corrected chi connectivity index (χ4v) is 2.61. The second-order valence-electron chi connectivity index (χ2n) is 5.55. The molecule has 120 valence electrons. The second-order valence-corrected chi connectivity index (χ2v) is 5.55. The Morgan fingerprint density at radius 1 is 1.17 bits per heavy atom. The quantitative estimate of drug-likeness (QED) is 0.855. The van der Waals surface area contributed by atoms with E-state index in [0.717, 1.165) is 30.9 Å². The zero-order valence-electron chi connectivity index (χ0n) is 13.1. The molecule has 0 spiro atoms. The minimum atomic E-state index is 0.0189. The van der Waals surface area contributed by atoms with Crippen LogP contribution in [0.2, 0.25) is 0 Å². The Hall–Kier alpha value is -2.49. The van der Waals surface area contributed by atoms with Crippen molar-refractivity contribution in [1.29, 1.82) is 0 Å². The fraction of sp³-hybridized carbons (Fsp3) is 0.316. The molecular formula is C19H21NO3. The number of ether oxygens (including phenoxy) is 2. The van der Waals surface area contributed by atoms with Crippen LogP contribution in [0, 0.1) is 0 Å². The maximum Gasteiger partial charge on any atom is 0.223 e. The second kappa shape index (κ2) is 7.68. The molecule has 1 heterocycles. The van der Waals surface area contributed by atoms with Gasteiger partial charge in [-0.1, -0.05) is 30.3 Å². The van der Waals surface area contributed by atoms with Gasteiger partial charge in [-0.15, -0.1) is 0 Å². The Kier molecular flexibility index (Phi) is 5.14. The molecule has 0 unspecified atom stereocenters. The van der Waals surface area contributed by atoms with E-state index < -0.39 is 0 Å². The highest BCUT2D eigenvalue weighted by Gasteiger charge is 2.11. The number of rotatable bonds is 7. The van der Waals surface area contributed by atoms with E-state index in [4.69, 9.17) is 9.47 Å². The Balaban J connectivity index is 1.34. The van der Waals surface area contributed by atoms with E-state index in [2.05, 4.69) is 17.4 Å². The normalized spacial score (nSPS) is 12.3. The van der Waals surface area contributed by atoms with Crippen molar-refractivity contribution in [2.24, 2.45) is 0 Å². The first-order valence-corrected chi connectivity index (χ1v) is 8.00. The van der Waals surface area contributed by atoms with Crippen molar-refractivity contribution in [2.45, 2.75) is 19.3 Å². The molecule has 1 N–H and O–H groups in total. The number of amides is 1. The summed E-state index contributed by atoms with van der Waals surface area (Å²) in [5.41, 5.74) is 2.50. The average molecular weight is 311 g/mol. The van der Waals surface area contributed by atoms with Gasteiger partial charge in [-0.2, -0.15) is 0 Å². The maximum absolute atomic E-state index is 11.8. The van der Waals surface area contributed by atoms with Gasteiger partial charge >= 0.3 is 0 Å². The molecule has 1 aliphatic rings. The molecular weight excluding hydrogens is 290 g/mol. The molecule has 0 saturated carbocycles. The summed E-state index contributed by atoms with van der Waals surface area (Å²) in [4.78, 5) is 11.8. The molecule has 2 aromatic rings. The molecule has 0 aliphatic carbocycles. The largest absolute Gasteiger partial charge is 0.493 e.